The third kappa shape index (κ3) is 5.91. The Hall–Kier alpha value is -2.75. The number of methoxy groups -OCH3 is 1. The topological polar surface area (TPSA) is 95.8 Å². The van der Waals surface area contributed by atoms with Gasteiger partial charge in [0.05, 0.1) is 35.4 Å². The van der Waals surface area contributed by atoms with Gasteiger partial charge in [-0.2, -0.15) is 0 Å². The molecular weight excluding hydrogens is 469 g/mol. The van der Waals surface area contributed by atoms with Crippen LogP contribution in [0.1, 0.15) is 37.4 Å². The first kappa shape index (κ1) is 25.3. The summed E-state index contributed by atoms with van der Waals surface area (Å²) in [6.07, 6.45) is 3.14. The van der Waals surface area contributed by atoms with Gasteiger partial charge in [-0.1, -0.05) is 6.07 Å². The van der Waals surface area contributed by atoms with E-state index in [-0.39, 0.29) is 18.4 Å². The molecule has 0 unspecified atom stereocenters. The van der Waals surface area contributed by atoms with Crippen molar-refractivity contribution in [2.75, 3.05) is 32.5 Å². The molecule has 1 saturated heterocycles. The SMILES string of the molecule is COc1ccc2ncc(F)c([C@@H](O)CCC3(C(=O)O)CCN(CCSc4ccccn4)CC3)c2c1. The summed E-state index contributed by atoms with van der Waals surface area (Å²) in [7, 11) is 1.52. The lowest BCUT2D eigenvalue weighted by Gasteiger charge is -2.39. The van der Waals surface area contributed by atoms with E-state index in [0.29, 0.717) is 42.6 Å². The Morgan fingerprint density at radius 2 is 2.06 bits per heavy atom. The molecule has 2 aromatic heterocycles. The average molecular weight is 500 g/mol. The summed E-state index contributed by atoms with van der Waals surface area (Å²) in [6, 6.07) is 10.9. The minimum atomic E-state index is -1.14. The molecule has 2 N–H and O–H groups in total. The quantitative estimate of drug-likeness (QED) is 0.392. The molecule has 1 aliphatic rings. The fourth-order valence-corrected chi connectivity index (χ4v) is 5.55. The number of aliphatic carboxylic acids is 1. The number of ether oxygens (including phenoxy) is 1. The molecule has 3 aromatic rings. The molecule has 9 heteroatoms. The van der Waals surface area contributed by atoms with E-state index in [9.17, 15) is 19.4 Å². The number of carboxylic acids is 1. The van der Waals surface area contributed by atoms with Crippen molar-refractivity contribution in [1.82, 2.24) is 14.9 Å². The maximum Gasteiger partial charge on any atom is 0.309 e. The summed E-state index contributed by atoms with van der Waals surface area (Å²) in [5, 5.41) is 22.5. The molecule has 7 nitrogen and oxygen atoms in total. The number of carboxylic acid groups (broad SMARTS) is 1. The number of pyridine rings is 2. The van der Waals surface area contributed by atoms with Crippen molar-refractivity contribution < 1.29 is 24.1 Å². The number of fused-ring (bicyclic) bond motifs is 1. The van der Waals surface area contributed by atoms with Gasteiger partial charge in [-0.05, 0) is 69.1 Å². The van der Waals surface area contributed by atoms with Gasteiger partial charge < -0.3 is 19.8 Å². The third-order valence-electron chi connectivity index (χ3n) is 6.86. The molecule has 1 fully saturated rings. The van der Waals surface area contributed by atoms with Crippen LogP contribution in [-0.4, -0.2) is 63.5 Å². The van der Waals surface area contributed by atoms with Crippen LogP contribution in [0.3, 0.4) is 0 Å². The van der Waals surface area contributed by atoms with Gasteiger partial charge in [-0.15, -0.1) is 11.8 Å². The third-order valence-corrected chi connectivity index (χ3v) is 7.78. The van der Waals surface area contributed by atoms with Crippen molar-refractivity contribution >= 4 is 28.6 Å². The Kier molecular flexibility index (Phi) is 8.20. The van der Waals surface area contributed by atoms with Gasteiger partial charge in [0, 0.05) is 29.4 Å². The Bertz CT molecular complexity index is 1160. The molecule has 0 bridgehead atoms. The number of benzene rings is 1. The molecule has 0 amide bonds. The minimum Gasteiger partial charge on any atom is -0.497 e. The second-order valence-electron chi connectivity index (χ2n) is 8.90. The molecular formula is C26H30FN3O4S. The van der Waals surface area contributed by atoms with Gasteiger partial charge in [0.1, 0.15) is 11.6 Å². The van der Waals surface area contributed by atoms with Gasteiger partial charge >= 0.3 is 5.97 Å². The number of halogens is 1. The first-order chi connectivity index (χ1) is 16.9. The van der Waals surface area contributed by atoms with Crippen molar-refractivity contribution in [2.45, 2.75) is 36.8 Å². The molecule has 3 heterocycles. The van der Waals surface area contributed by atoms with Crippen molar-refractivity contribution in [1.29, 1.82) is 0 Å². The second kappa shape index (κ2) is 11.3. The van der Waals surface area contributed by atoms with Gasteiger partial charge in [0.15, 0.2) is 0 Å². The highest BCUT2D eigenvalue weighted by Gasteiger charge is 2.41. The van der Waals surface area contributed by atoms with E-state index in [1.807, 2.05) is 18.2 Å². The minimum absolute atomic E-state index is 0.137. The summed E-state index contributed by atoms with van der Waals surface area (Å²) in [5.41, 5.74) is -0.243. The zero-order chi connectivity index (χ0) is 24.8. The summed E-state index contributed by atoms with van der Waals surface area (Å²) in [6.45, 7) is 2.21. The van der Waals surface area contributed by atoms with Crippen molar-refractivity contribution in [2.24, 2.45) is 5.41 Å². The lowest BCUT2D eigenvalue weighted by atomic mass is 9.74. The number of aliphatic hydroxyl groups is 1. The molecule has 1 atom stereocenters. The lowest BCUT2D eigenvalue weighted by Crippen LogP contribution is -2.45. The molecule has 35 heavy (non-hydrogen) atoms. The first-order valence-corrected chi connectivity index (χ1v) is 12.7. The molecule has 0 radical (unpaired) electrons. The highest BCUT2D eigenvalue weighted by Crippen LogP contribution is 2.40. The van der Waals surface area contributed by atoms with Gasteiger partial charge in [-0.25, -0.2) is 9.37 Å². The van der Waals surface area contributed by atoms with E-state index < -0.39 is 23.3 Å². The number of aromatic nitrogens is 2. The van der Waals surface area contributed by atoms with E-state index in [4.69, 9.17) is 4.74 Å². The molecule has 0 aliphatic carbocycles. The fraction of sp³-hybridized carbons (Fsp3) is 0.423. The highest BCUT2D eigenvalue weighted by atomic mass is 32.2. The Labute approximate surface area is 208 Å². The highest BCUT2D eigenvalue weighted by molar-refractivity contribution is 7.99. The van der Waals surface area contributed by atoms with E-state index in [2.05, 4.69) is 14.9 Å². The molecule has 1 aromatic carbocycles. The number of nitrogens with zero attached hydrogens (tertiary/aromatic N) is 3. The van der Waals surface area contributed by atoms with Crippen LogP contribution in [0, 0.1) is 11.2 Å². The number of hydrogen-bond donors (Lipinski definition) is 2. The number of hydrogen-bond acceptors (Lipinski definition) is 7. The molecule has 186 valence electrons. The maximum atomic E-state index is 14.7. The molecule has 0 spiro atoms. The summed E-state index contributed by atoms with van der Waals surface area (Å²) < 4.78 is 20.0. The van der Waals surface area contributed by atoms with Crippen LogP contribution in [0.5, 0.6) is 5.75 Å². The van der Waals surface area contributed by atoms with Gasteiger partial charge in [-0.3, -0.25) is 9.78 Å². The number of rotatable bonds is 10. The van der Waals surface area contributed by atoms with Crippen LogP contribution >= 0.6 is 11.8 Å². The largest absolute Gasteiger partial charge is 0.497 e. The van der Waals surface area contributed by atoms with Crippen LogP contribution in [0.25, 0.3) is 10.9 Å². The monoisotopic (exact) mass is 499 g/mol. The second-order valence-corrected chi connectivity index (χ2v) is 10.0. The van der Waals surface area contributed by atoms with E-state index >= 15 is 0 Å². The Morgan fingerprint density at radius 3 is 2.74 bits per heavy atom. The summed E-state index contributed by atoms with van der Waals surface area (Å²) in [4.78, 5) is 23.0. The van der Waals surface area contributed by atoms with Crippen LogP contribution in [0.2, 0.25) is 0 Å². The predicted molar refractivity (Wildman–Crippen MR) is 133 cm³/mol. The normalized spacial score (nSPS) is 16.8. The predicted octanol–water partition coefficient (Wildman–Crippen LogP) is 4.55. The number of aliphatic hydroxyl groups excluding tert-OH is 1. The summed E-state index contributed by atoms with van der Waals surface area (Å²) in [5.74, 6) is -0.0427. The fourth-order valence-electron chi connectivity index (χ4n) is 4.68. The zero-order valence-electron chi connectivity index (χ0n) is 19.7. The average Bonchev–Trinajstić information content (AvgIpc) is 2.88. The molecule has 4 rings (SSSR count). The first-order valence-electron chi connectivity index (χ1n) is 11.7. The Balaban J connectivity index is 1.38. The van der Waals surface area contributed by atoms with Crippen molar-refractivity contribution in [3.05, 3.63) is 60.2 Å². The van der Waals surface area contributed by atoms with E-state index in [1.165, 1.54) is 7.11 Å². The smallest absolute Gasteiger partial charge is 0.309 e. The molecule has 1 aliphatic heterocycles. The number of piperidine rings is 1. The van der Waals surface area contributed by atoms with E-state index in [1.54, 1.807) is 36.2 Å². The molecule has 0 saturated carbocycles. The number of thioether (sulfide) groups is 1. The van der Waals surface area contributed by atoms with Crippen LogP contribution < -0.4 is 4.74 Å². The Morgan fingerprint density at radius 1 is 1.26 bits per heavy atom. The number of likely N-dealkylation sites (tertiary alicyclic amines) is 1. The van der Waals surface area contributed by atoms with E-state index in [0.717, 1.165) is 23.5 Å². The lowest BCUT2D eigenvalue weighted by molar-refractivity contribution is -0.153. The zero-order valence-corrected chi connectivity index (χ0v) is 20.5. The van der Waals surface area contributed by atoms with Crippen LogP contribution in [0.4, 0.5) is 4.39 Å². The maximum absolute atomic E-state index is 14.7. The summed E-state index contributed by atoms with van der Waals surface area (Å²) >= 11 is 1.69. The van der Waals surface area contributed by atoms with Crippen molar-refractivity contribution in [3.63, 3.8) is 0 Å². The number of carbonyl (C=O) groups is 1. The van der Waals surface area contributed by atoms with Crippen LogP contribution in [0.15, 0.2) is 53.8 Å². The standard InChI is InChI=1S/C26H30FN3O4S/c1-34-18-5-6-21-19(16-18)24(20(27)17-29-21)22(31)7-8-26(25(32)33)9-12-30(13-10-26)14-15-35-23-4-2-3-11-28-23/h2-6,11,16-17,22,31H,7-10,12-15H2,1H3,(H,32,33)/t22-/m0/s1. The van der Waals surface area contributed by atoms with Gasteiger partial charge in [0.2, 0.25) is 0 Å². The van der Waals surface area contributed by atoms with Crippen LogP contribution in [-0.2, 0) is 4.79 Å². The van der Waals surface area contributed by atoms with Gasteiger partial charge in [0.25, 0.3) is 0 Å². The van der Waals surface area contributed by atoms with Crippen molar-refractivity contribution in [3.8, 4) is 5.75 Å².